The van der Waals surface area contributed by atoms with E-state index < -0.39 is 0 Å². The molecule has 2 N–H and O–H groups in total. The van der Waals surface area contributed by atoms with Crippen molar-refractivity contribution in [1.29, 1.82) is 0 Å². The van der Waals surface area contributed by atoms with Crippen LogP contribution in [0.15, 0.2) is 18.2 Å². The number of aryl methyl sites for hydroxylation is 1. The molecule has 0 spiro atoms. The van der Waals surface area contributed by atoms with Crippen molar-refractivity contribution in [2.45, 2.75) is 45.4 Å². The van der Waals surface area contributed by atoms with E-state index in [0.717, 1.165) is 17.5 Å². The van der Waals surface area contributed by atoms with Crippen LogP contribution in [0.4, 0.5) is 5.69 Å². The topological polar surface area (TPSA) is 26.0 Å². The molecule has 2 rings (SSSR count). The van der Waals surface area contributed by atoms with Gasteiger partial charge >= 0.3 is 0 Å². The van der Waals surface area contributed by atoms with Crippen LogP contribution in [0.2, 0.25) is 0 Å². The van der Waals surface area contributed by atoms with Gasteiger partial charge in [0.1, 0.15) is 0 Å². The van der Waals surface area contributed by atoms with Gasteiger partial charge in [0.05, 0.1) is 0 Å². The van der Waals surface area contributed by atoms with Crippen LogP contribution in [0.1, 0.15) is 49.7 Å². The molecule has 0 aromatic heterocycles. The highest BCUT2D eigenvalue weighted by Gasteiger charge is 2.22. The molecule has 0 aliphatic heterocycles. The van der Waals surface area contributed by atoms with Crippen molar-refractivity contribution >= 4 is 5.69 Å². The van der Waals surface area contributed by atoms with Crippen molar-refractivity contribution in [1.82, 2.24) is 0 Å². The molecule has 0 amide bonds. The molecule has 2 atom stereocenters. The number of nitrogens with two attached hydrogens (primary N) is 1. The summed E-state index contributed by atoms with van der Waals surface area (Å²) in [7, 11) is 0. The molecule has 1 nitrogen and oxygen atoms in total. The highest BCUT2D eigenvalue weighted by Crippen LogP contribution is 2.38. The predicted octanol–water partition coefficient (Wildman–Crippen LogP) is 3.87. The lowest BCUT2D eigenvalue weighted by Crippen LogP contribution is -2.15. The van der Waals surface area contributed by atoms with Crippen molar-refractivity contribution in [2.75, 3.05) is 5.73 Å². The maximum Gasteiger partial charge on any atom is 0.0319 e. The molecule has 1 fully saturated rings. The number of benzene rings is 1. The summed E-state index contributed by atoms with van der Waals surface area (Å²) >= 11 is 0. The van der Waals surface area contributed by atoms with E-state index in [9.17, 15) is 0 Å². The number of hydrogen-bond donors (Lipinski definition) is 1. The molecule has 82 valence electrons. The number of hydrogen-bond acceptors (Lipinski definition) is 1. The largest absolute Gasteiger partial charge is 0.399 e. The lowest BCUT2D eigenvalue weighted by Gasteiger charge is -2.29. The Hall–Kier alpha value is -0.980. The van der Waals surface area contributed by atoms with Crippen molar-refractivity contribution in [3.63, 3.8) is 0 Å². The third-order valence-electron chi connectivity index (χ3n) is 3.66. The number of nitrogen functional groups attached to an aromatic ring is 1. The van der Waals surface area contributed by atoms with E-state index in [4.69, 9.17) is 5.73 Å². The van der Waals surface area contributed by atoms with E-state index in [2.05, 4.69) is 32.0 Å². The molecular formula is C14H21N. The Balaban J connectivity index is 2.27. The van der Waals surface area contributed by atoms with E-state index >= 15 is 0 Å². The molecule has 0 radical (unpaired) electrons. The molecule has 1 aromatic rings. The van der Waals surface area contributed by atoms with Gasteiger partial charge in [0, 0.05) is 5.69 Å². The van der Waals surface area contributed by atoms with E-state index in [1.165, 1.54) is 36.8 Å². The van der Waals surface area contributed by atoms with Gasteiger partial charge in [-0.3, -0.25) is 0 Å². The highest BCUT2D eigenvalue weighted by molar-refractivity contribution is 5.45. The van der Waals surface area contributed by atoms with Crippen LogP contribution in [0, 0.1) is 12.8 Å². The quantitative estimate of drug-likeness (QED) is 0.689. The Labute approximate surface area is 92.7 Å². The predicted molar refractivity (Wildman–Crippen MR) is 66.0 cm³/mol. The van der Waals surface area contributed by atoms with Gasteiger partial charge in [-0.15, -0.1) is 0 Å². The monoisotopic (exact) mass is 203 g/mol. The Bertz CT molecular complexity index is 323. The lowest BCUT2D eigenvalue weighted by molar-refractivity contribution is 0.330. The second kappa shape index (κ2) is 4.26. The van der Waals surface area contributed by atoms with Crippen molar-refractivity contribution in [3.05, 3.63) is 29.3 Å². The molecule has 15 heavy (non-hydrogen) atoms. The molecule has 1 aromatic carbocycles. The second-order valence-electron chi connectivity index (χ2n) is 5.05. The first-order chi connectivity index (χ1) is 7.16. The van der Waals surface area contributed by atoms with Gasteiger partial charge < -0.3 is 5.73 Å². The SMILES string of the molecule is Cc1cc(N)cc([C@H]2CCCC[C@H]2C)c1. The summed E-state index contributed by atoms with van der Waals surface area (Å²) in [5.74, 6) is 1.56. The van der Waals surface area contributed by atoms with Gasteiger partial charge in [-0.1, -0.05) is 32.3 Å². The number of anilines is 1. The Kier molecular flexibility index (Phi) is 2.99. The Morgan fingerprint density at radius 2 is 1.87 bits per heavy atom. The summed E-state index contributed by atoms with van der Waals surface area (Å²) in [6.07, 6.45) is 5.49. The van der Waals surface area contributed by atoms with Crippen LogP contribution in [0.25, 0.3) is 0 Å². The molecular weight excluding hydrogens is 182 g/mol. The molecule has 1 heteroatoms. The molecule has 0 unspecified atom stereocenters. The number of rotatable bonds is 1. The minimum Gasteiger partial charge on any atom is -0.399 e. The van der Waals surface area contributed by atoms with E-state index in [1.54, 1.807) is 0 Å². The third-order valence-corrected chi connectivity index (χ3v) is 3.66. The molecule has 0 saturated heterocycles. The fourth-order valence-electron chi connectivity index (χ4n) is 2.87. The highest BCUT2D eigenvalue weighted by atomic mass is 14.5. The van der Waals surface area contributed by atoms with E-state index in [0.29, 0.717) is 0 Å². The lowest BCUT2D eigenvalue weighted by atomic mass is 9.76. The zero-order valence-electron chi connectivity index (χ0n) is 9.79. The normalized spacial score (nSPS) is 26.5. The average molecular weight is 203 g/mol. The van der Waals surface area contributed by atoms with Crippen LogP contribution in [-0.2, 0) is 0 Å². The summed E-state index contributed by atoms with van der Waals surface area (Å²) in [5.41, 5.74) is 9.58. The van der Waals surface area contributed by atoms with Crippen LogP contribution < -0.4 is 5.73 Å². The Morgan fingerprint density at radius 1 is 1.13 bits per heavy atom. The third kappa shape index (κ3) is 2.34. The van der Waals surface area contributed by atoms with Gasteiger partial charge in [0.15, 0.2) is 0 Å². The molecule has 1 aliphatic rings. The van der Waals surface area contributed by atoms with Gasteiger partial charge in [-0.25, -0.2) is 0 Å². The van der Waals surface area contributed by atoms with Crippen molar-refractivity contribution in [2.24, 2.45) is 5.92 Å². The molecule has 0 bridgehead atoms. The van der Waals surface area contributed by atoms with Crippen LogP contribution in [0.3, 0.4) is 0 Å². The molecule has 0 heterocycles. The smallest absolute Gasteiger partial charge is 0.0319 e. The van der Waals surface area contributed by atoms with E-state index in [-0.39, 0.29) is 0 Å². The zero-order valence-corrected chi connectivity index (χ0v) is 9.79. The van der Waals surface area contributed by atoms with Gasteiger partial charge in [-0.05, 0) is 48.4 Å². The fourth-order valence-corrected chi connectivity index (χ4v) is 2.87. The van der Waals surface area contributed by atoms with Crippen LogP contribution >= 0.6 is 0 Å². The summed E-state index contributed by atoms with van der Waals surface area (Å²) in [6.45, 7) is 4.51. The maximum absolute atomic E-state index is 5.91. The first-order valence-electron chi connectivity index (χ1n) is 6.04. The summed E-state index contributed by atoms with van der Waals surface area (Å²) in [6, 6.07) is 6.53. The van der Waals surface area contributed by atoms with Crippen molar-refractivity contribution in [3.8, 4) is 0 Å². The van der Waals surface area contributed by atoms with Crippen LogP contribution in [0.5, 0.6) is 0 Å². The summed E-state index contributed by atoms with van der Waals surface area (Å²) < 4.78 is 0. The average Bonchev–Trinajstić information content (AvgIpc) is 2.16. The Morgan fingerprint density at radius 3 is 2.53 bits per heavy atom. The molecule has 1 saturated carbocycles. The maximum atomic E-state index is 5.91. The standard InChI is InChI=1S/C14H21N/c1-10-7-12(9-13(15)8-10)14-6-4-3-5-11(14)2/h7-9,11,14H,3-6,15H2,1-2H3/t11-,14+/m1/s1. The summed E-state index contributed by atoms with van der Waals surface area (Å²) in [4.78, 5) is 0. The minimum absolute atomic E-state index is 0.737. The van der Waals surface area contributed by atoms with Gasteiger partial charge in [0.25, 0.3) is 0 Å². The summed E-state index contributed by atoms with van der Waals surface area (Å²) in [5, 5.41) is 0. The fraction of sp³-hybridized carbons (Fsp3) is 0.571. The van der Waals surface area contributed by atoms with Gasteiger partial charge in [-0.2, -0.15) is 0 Å². The first-order valence-corrected chi connectivity index (χ1v) is 6.04. The minimum atomic E-state index is 0.737. The van der Waals surface area contributed by atoms with Gasteiger partial charge in [0.2, 0.25) is 0 Å². The molecule has 1 aliphatic carbocycles. The second-order valence-corrected chi connectivity index (χ2v) is 5.05. The zero-order chi connectivity index (χ0) is 10.8. The first kappa shape index (κ1) is 10.5. The van der Waals surface area contributed by atoms with Crippen LogP contribution in [-0.4, -0.2) is 0 Å². The van der Waals surface area contributed by atoms with E-state index in [1.807, 2.05) is 0 Å². The van der Waals surface area contributed by atoms with Crippen molar-refractivity contribution < 1.29 is 0 Å².